The summed E-state index contributed by atoms with van der Waals surface area (Å²) in [6, 6.07) is 3.67. The SMILES string of the molecule is N[C@@H](CC(=O)O)C(=O)N[C@@H](Cc1c[nH]c2ccccc12)C(=O)N[C@@H](CC(=O)O)C(=O)N[C@@H](Cc1cnc[nH]1)C(=O)N[C@@H](CC(=O)O)C(=O)N[C@@H](Cc1c[nH]c2ccccc12)C(=O)O. The summed E-state index contributed by atoms with van der Waals surface area (Å²) < 4.78 is 0. The van der Waals surface area contributed by atoms with E-state index in [9.17, 15) is 58.5 Å². The average molecular weight is 873 g/mol. The van der Waals surface area contributed by atoms with E-state index in [1.807, 2.05) is 0 Å². The summed E-state index contributed by atoms with van der Waals surface area (Å²) in [5.41, 5.74) is 8.37. The standard InChI is InChI=1S/C40H44N10O13/c41-24(12-32(51)52)35(57)46-27(9-19-15-43-25-7-3-1-5-22(19)25)36(58)48-29(13-33(53)54)38(60)47-28(11-21-17-42-18-45-21)37(59)49-30(14-34(55)56)39(61)50-31(40(62)63)10-20-16-44-26-8-4-2-6-23(20)26/h1-8,15-18,24,27-31,43-44H,9-14,41H2,(H,42,45)(H,46,57)(H,47,60)(H,48,58)(H,49,59)(H,50,61)(H,51,52)(H,53,54)(H,55,56)(H,62,63)/t24-,27-,28-,29-,30-,31-/m0/s1. The number of aromatic amines is 3. The van der Waals surface area contributed by atoms with Gasteiger partial charge in [0.2, 0.25) is 29.5 Å². The zero-order valence-electron chi connectivity index (χ0n) is 33.1. The number of aromatic nitrogens is 4. The highest BCUT2D eigenvalue weighted by Gasteiger charge is 2.35. The molecule has 0 saturated carbocycles. The molecule has 0 fully saturated rings. The van der Waals surface area contributed by atoms with Crippen molar-refractivity contribution in [3.05, 3.63) is 90.3 Å². The van der Waals surface area contributed by atoms with Gasteiger partial charge in [0, 0.05) is 65.4 Å². The molecule has 5 rings (SSSR count). The van der Waals surface area contributed by atoms with Crippen molar-refractivity contribution in [2.45, 2.75) is 74.8 Å². The highest BCUT2D eigenvalue weighted by atomic mass is 16.4. The van der Waals surface area contributed by atoms with Gasteiger partial charge in [-0.15, -0.1) is 0 Å². The third-order valence-corrected chi connectivity index (χ3v) is 9.81. The monoisotopic (exact) mass is 872 g/mol. The molecule has 332 valence electrons. The minimum Gasteiger partial charge on any atom is -0.481 e. The minimum atomic E-state index is -1.93. The number of amides is 5. The molecule has 3 aromatic heterocycles. The van der Waals surface area contributed by atoms with Crippen LogP contribution in [0.1, 0.15) is 36.1 Å². The predicted molar refractivity (Wildman–Crippen MR) is 218 cm³/mol. The second-order valence-electron chi connectivity index (χ2n) is 14.5. The predicted octanol–water partition coefficient (Wildman–Crippen LogP) is -1.34. The van der Waals surface area contributed by atoms with Crippen LogP contribution in [0.15, 0.2) is 73.4 Å². The number of nitrogens with one attached hydrogen (secondary N) is 8. The molecule has 0 aliphatic carbocycles. The molecule has 2 aromatic carbocycles. The smallest absolute Gasteiger partial charge is 0.326 e. The summed E-state index contributed by atoms with van der Waals surface area (Å²) in [4.78, 5) is 128. The number of H-pyrrole nitrogens is 3. The van der Waals surface area contributed by atoms with Crippen molar-refractivity contribution in [3.8, 4) is 0 Å². The molecule has 63 heavy (non-hydrogen) atoms. The van der Waals surface area contributed by atoms with Crippen molar-refractivity contribution in [1.29, 1.82) is 0 Å². The Morgan fingerprint density at radius 1 is 0.524 bits per heavy atom. The molecule has 0 aliphatic heterocycles. The molecule has 23 heteroatoms. The molecule has 0 saturated heterocycles. The van der Waals surface area contributed by atoms with Gasteiger partial charge in [0.25, 0.3) is 0 Å². The van der Waals surface area contributed by atoms with Crippen molar-refractivity contribution in [2.24, 2.45) is 5.73 Å². The summed E-state index contributed by atoms with van der Waals surface area (Å²) in [6.45, 7) is 0. The fourth-order valence-electron chi connectivity index (χ4n) is 6.69. The Morgan fingerprint density at radius 3 is 1.40 bits per heavy atom. The first-order valence-corrected chi connectivity index (χ1v) is 19.2. The summed E-state index contributed by atoms with van der Waals surface area (Å²) in [7, 11) is 0. The number of carboxylic acid groups (broad SMARTS) is 4. The van der Waals surface area contributed by atoms with Crippen LogP contribution < -0.4 is 32.3 Å². The van der Waals surface area contributed by atoms with E-state index in [1.54, 1.807) is 60.9 Å². The van der Waals surface area contributed by atoms with Gasteiger partial charge in [0.05, 0.1) is 31.6 Å². The van der Waals surface area contributed by atoms with E-state index < -0.39 is 115 Å². The van der Waals surface area contributed by atoms with Crippen LogP contribution in [-0.2, 0) is 62.4 Å². The maximum atomic E-state index is 13.9. The Hall–Kier alpha value is -8.08. The first-order valence-electron chi connectivity index (χ1n) is 19.2. The number of hydrogen-bond acceptors (Lipinski definition) is 11. The van der Waals surface area contributed by atoms with Crippen LogP contribution in [0.2, 0.25) is 0 Å². The number of nitrogens with two attached hydrogens (primary N) is 1. The summed E-state index contributed by atoms with van der Waals surface area (Å²) in [6.07, 6.45) is 1.88. The molecule has 5 amide bonds. The number of fused-ring (bicyclic) bond motifs is 2. The topological polar surface area (TPSA) is 381 Å². The molecule has 0 unspecified atom stereocenters. The van der Waals surface area contributed by atoms with Gasteiger partial charge < -0.3 is 67.7 Å². The second-order valence-corrected chi connectivity index (χ2v) is 14.5. The van der Waals surface area contributed by atoms with E-state index in [0.29, 0.717) is 32.9 Å². The number of hydrogen-bond donors (Lipinski definition) is 13. The van der Waals surface area contributed by atoms with Gasteiger partial charge in [0.15, 0.2) is 0 Å². The maximum absolute atomic E-state index is 13.9. The molecule has 14 N–H and O–H groups in total. The van der Waals surface area contributed by atoms with E-state index in [2.05, 4.69) is 46.5 Å². The molecule has 0 aliphatic rings. The van der Waals surface area contributed by atoms with E-state index >= 15 is 0 Å². The van der Waals surface area contributed by atoms with Gasteiger partial charge in [-0.1, -0.05) is 36.4 Å². The van der Waals surface area contributed by atoms with Gasteiger partial charge in [-0.25, -0.2) is 9.78 Å². The lowest BCUT2D eigenvalue weighted by atomic mass is 10.0. The second kappa shape index (κ2) is 20.9. The largest absolute Gasteiger partial charge is 0.481 e. The number of rotatable bonds is 23. The van der Waals surface area contributed by atoms with Crippen molar-refractivity contribution in [3.63, 3.8) is 0 Å². The molecular formula is C40H44N10O13. The average Bonchev–Trinajstić information content (AvgIpc) is 4.00. The number of benzene rings is 2. The van der Waals surface area contributed by atoms with Crippen LogP contribution >= 0.6 is 0 Å². The first kappa shape index (κ1) is 46.0. The molecule has 0 spiro atoms. The number of imidazole rings is 1. The van der Waals surface area contributed by atoms with Crippen LogP contribution in [0.3, 0.4) is 0 Å². The normalized spacial score (nSPS) is 14.0. The Kier molecular flexibility index (Phi) is 15.3. The maximum Gasteiger partial charge on any atom is 0.326 e. The molecule has 23 nitrogen and oxygen atoms in total. The van der Waals surface area contributed by atoms with Crippen molar-refractivity contribution in [1.82, 2.24) is 46.5 Å². The quantitative estimate of drug-likeness (QED) is 0.0361. The van der Waals surface area contributed by atoms with Crippen LogP contribution in [-0.4, -0.2) is 130 Å². The van der Waals surface area contributed by atoms with Gasteiger partial charge in [0.1, 0.15) is 30.2 Å². The molecule has 6 atom stereocenters. The molecule has 3 heterocycles. The number of para-hydroxylation sites is 2. The number of carboxylic acids is 4. The summed E-state index contributed by atoms with van der Waals surface area (Å²) in [5.74, 6) is -11.7. The summed E-state index contributed by atoms with van der Waals surface area (Å²) in [5, 5.41) is 51.3. The first-order chi connectivity index (χ1) is 30.0. The Balaban J connectivity index is 1.36. The highest BCUT2D eigenvalue weighted by molar-refractivity contribution is 5.99. The van der Waals surface area contributed by atoms with Crippen molar-refractivity contribution >= 4 is 75.2 Å². The lowest BCUT2D eigenvalue weighted by Crippen LogP contribution is -2.60. The third kappa shape index (κ3) is 12.7. The van der Waals surface area contributed by atoms with Crippen LogP contribution in [0.5, 0.6) is 0 Å². The van der Waals surface area contributed by atoms with Crippen LogP contribution in [0.25, 0.3) is 21.8 Å². The summed E-state index contributed by atoms with van der Waals surface area (Å²) >= 11 is 0. The number of nitrogens with zero attached hydrogens (tertiary/aromatic N) is 1. The molecule has 0 bridgehead atoms. The molecule has 0 radical (unpaired) electrons. The molecule has 5 aromatic rings. The molecular weight excluding hydrogens is 828 g/mol. The Morgan fingerprint density at radius 2 is 0.937 bits per heavy atom. The van der Waals surface area contributed by atoms with Gasteiger partial charge in [-0.3, -0.25) is 38.4 Å². The number of carbonyl (C=O) groups is 9. The lowest BCUT2D eigenvalue weighted by molar-refractivity contribution is -0.143. The van der Waals surface area contributed by atoms with E-state index in [0.717, 1.165) is 0 Å². The fourth-order valence-corrected chi connectivity index (χ4v) is 6.69. The van der Waals surface area contributed by atoms with E-state index in [4.69, 9.17) is 10.8 Å². The highest BCUT2D eigenvalue weighted by Crippen LogP contribution is 2.21. The third-order valence-electron chi connectivity index (χ3n) is 9.81. The van der Waals surface area contributed by atoms with Crippen LogP contribution in [0.4, 0.5) is 0 Å². The van der Waals surface area contributed by atoms with Gasteiger partial charge in [-0.05, 0) is 23.3 Å². The number of aliphatic carboxylic acids is 4. The van der Waals surface area contributed by atoms with E-state index in [-0.39, 0.29) is 18.5 Å². The van der Waals surface area contributed by atoms with E-state index in [1.165, 1.54) is 12.5 Å². The van der Waals surface area contributed by atoms with Crippen molar-refractivity contribution in [2.75, 3.05) is 0 Å². The van der Waals surface area contributed by atoms with Gasteiger partial charge in [-0.2, -0.15) is 0 Å². The fraction of sp³-hybridized carbons (Fsp3) is 0.300. The van der Waals surface area contributed by atoms with Gasteiger partial charge >= 0.3 is 23.9 Å². The Bertz CT molecular complexity index is 2500. The zero-order chi connectivity index (χ0) is 45.8. The zero-order valence-corrected chi connectivity index (χ0v) is 33.1. The van der Waals surface area contributed by atoms with Crippen molar-refractivity contribution < 1.29 is 63.6 Å². The minimum absolute atomic E-state index is 0.227. The lowest BCUT2D eigenvalue weighted by Gasteiger charge is -2.26. The Labute approximate surface area is 355 Å². The number of carbonyl (C=O) groups excluding carboxylic acids is 5. The van der Waals surface area contributed by atoms with Crippen LogP contribution in [0, 0.1) is 0 Å².